The van der Waals surface area contributed by atoms with Crippen LogP contribution in [0.1, 0.15) is 35.4 Å². The standard InChI is InChI=1S/C13H15FO6/c1-2-20-10(16)6-9(15)12(17)7-4-3-5-8(11(7)14)13(18)19/h3-5,9,12,15,17H,2,6H2,1H3,(H,18,19). The second-order valence-electron chi connectivity index (χ2n) is 4.04. The molecule has 0 aliphatic carbocycles. The largest absolute Gasteiger partial charge is 0.478 e. The van der Waals surface area contributed by atoms with Gasteiger partial charge in [-0.3, -0.25) is 4.79 Å². The van der Waals surface area contributed by atoms with Crippen LogP contribution in [-0.2, 0) is 9.53 Å². The van der Waals surface area contributed by atoms with Crippen LogP contribution in [0.3, 0.4) is 0 Å². The predicted molar refractivity (Wildman–Crippen MR) is 65.6 cm³/mol. The molecule has 0 amide bonds. The number of hydrogen-bond acceptors (Lipinski definition) is 5. The summed E-state index contributed by atoms with van der Waals surface area (Å²) in [6, 6.07) is 3.41. The molecule has 0 spiro atoms. The molecular formula is C13H15FO6. The van der Waals surface area contributed by atoms with Crippen molar-refractivity contribution in [3.8, 4) is 0 Å². The molecule has 3 N–H and O–H groups in total. The van der Waals surface area contributed by atoms with E-state index in [1.165, 1.54) is 6.07 Å². The van der Waals surface area contributed by atoms with E-state index in [2.05, 4.69) is 4.74 Å². The molecule has 110 valence electrons. The maximum absolute atomic E-state index is 13.9. The van der Waals surface area contributed by atoms with E-state index in [4.69, 9.17) is 5.11 Å². The summed E-state index contributed by atoms with van der Waals surface area (Å²) in [5, 5.41) is 28.2. The number of halogens is 1. The van der Waals surface area contributed by atoms with Crippen molar-refractivity contribution in [1.29, 1.82) is 0 Å². The highest BCUT2D eigenvalue weighted by Gasteiger charge is 2.26. The van der Waals surface area contributed by atoms with Gasteiger partial charge < -0.3 is 20.1 Å². The molecule has 7 heteroatoms. The van der Waals surface area contributed by atoms with Gasteiger partial charge in [0.2, 0.25) is 0 Å². The minimum Gasteiger partial charge on any atom is -0.478 e. The van der Waals surface area contributed by atoms with Crippen LogP contribution in [0.2, 0.25) is 0 Å². The van der Waals surface area contributed by atoms with E-state index in [9.17, 15) is 24.2 Å². The molecule has 2 atom stereocenters. The van der Waals surface area contributed by atoms with E-state index in [0.29, 0.717) is 0 Å². The highest BCUT2D eigenvalue weighted by atomic mass is 19.1. The van der Waals surface area contributed by atoms with Crippen LogP contribution in [0, 0.1) is 5.82 Å². The third-order valence-corrected chi connectivity index (χ3v) is 2.62. The van der Waals surface area contributed by atoms with Crippen LogP contribution in [0.5, 0.6) is 0 Å². The van der Waals surface area contributed by atoms with Crippen molar-refractivity contribution < 1.29 is 34.0 Å². The fourth-order valence-corrected chi connectivity index (χ4v) is 1.65. The third kappa shape index (κ3) is 3.75. The third-order valence-electron chi connectivity index (χ3n) is 2.62. The number of carbonyl (C=O) groups is 2. The number of benzene rings is 1. The van der Waals surface area contributed by atoms with Crippen LogP contribution >= 0.6 is 0 Å². The maximum atomic E-state index is 13.9. The summed E-state index contributed by atoms with van der Waals surface area (Å²) in [5.41, 5.74) is -1.01. The number of carbonyl (C=O) groups excluding carboxylic acids is 1. The fraction of sp³-hybridized carbons (Fsp3) is 0.385. The first-order chi connectivity index (χ1) is 9.38. The minimum absolute atomic E-state index is 0.116. The second kappa shape index (κ2) is 6.97. The van der Waals surface area contributed by atoms with Gasteiger partial charge in [-0.1, -0.05) is 12.1 Å². The van der Waals surface area contributed by atoms with Gasteiger partial charge in [0, 0.05) is 5.56 Å². The number of hydrogen-bond donors (Lipinski definition) is 3. The summed E-state index contributed by atoms with van der Waals surface area (Å²) in [4.78, 5) is 21.9. The highest BCUT2D eigenvalue weighted by Crippen LogP contribution is 2.24. The minimum atomic E-state index is -1.72. The van der Waals surface area contributed by atoms with Crippen molar-refractivity contribution in [3.05, 3.63) is 35.1 Å². The molecule has 0 radical (unpaired) electrons. The Hall–Kier alpha value is -1.99. The Morgan fingerprint density at radius 2 is 2.00 bits per heavy atom. The molecule has 0 saturated carbocycles. The summed E-state index contributed by atoms with van der Waals surface area (Å²) < 4.78 is 18.4. The van der Waals surface area contributed by atoms with Gasteiger partial charge in [-0.15, -0.1) is 0 Å². The molecule has 20 heavy (non-hydrogen) atoms. The molecule has 0 saturated heterocycles. The lowest BCUT2D eigenvalue weighted by Crippen LogP contribution is -2.24. The van der Waals surface area contributed by atoms with Gasteiger partial charge in [0.15, 0.2) is 0 Å². The first-order valence-corrected chi connectivity index (χ1v) is 5.91. The van der Waals surface area contributed by atoms with Crippen molar-refractivity contribution >= 4 is 11.9 Å². The molecule has 1 rings (SSSR count). The average Bonchev–Trinajstić information content (AvgIpc) is 2.38. The number of carboxylic acid groups (broad SMARTS) is 1. The van der Waals surface area contributed by atoms with Gasteiger partial charge in [0.1, 0.15) is 11.9 Å². The van der Waals surface area contributed by atoms with Crippen LogP contribution < -0.4 is 0 Å². The Labute approximate surface area is 114 Å². The quantitative estimate of drug-likeness (QED) is 0.670. The number of ether oxygens (including phenoxy) is 1. The Bertz CT molecular complexity index is 502. The number of aromatic carboxylic acids is 1. The van der Waals surface area contributed by atoms with E-state index in [0.717, 1.165) is 12.1 Å². The van der Waals surface area contributed by atoms with Crippen LogP contribution in [-0.4, -0.2) is 40.0 Å². The molecule has 0 bridgehead atoms. The Morgan fingerprint density at radius 3 is 2.55 bits per heavy atom. The summed E-state index contributed by atoms with van der Waals surface area (Å²) in [5.74, 6) is -3.37. The molecule has 0 fully saturated rings. The van der Waals surface area contributed by atoms with Crippen molar-refractivity contribution in [1.82, 2.24) is 0 Å². The van der Waals surface area contributed by atoms with E-state index < -0.39 is 41.9 Å². The molecule has 2 unspecified atom stereocenters. The van der Waals surface area contributed by atoms with Crippen molar-refractivity contribution in [3.63, 3.8) is 0 Å². The zero-order valence-electron chi connectivity index (χ0n) is 10.7. The molecule has 6 nitrogen and oxygen atoms in total. The molecule has 0 heterocycles. The topological polar surface area (TPSA) is 104 Å². The van der Waals surface area contributed by atoms with Crippen molar-refractivity contribution in [2.45, 2.75) is 25.6 Å². The zero-order valence-corrected chi connectivity index (χ0v) is 10.7. The summed E-state index contributed by atoms with van der Waals surface area (Å²) in [6.45, 7) is 1.70. The van der Waals surface area contributed by atoms with Crippen LogP contribution in [0.25, 0.3) is 0 Å². The first-order valence-electron chi connectivity index (χ1n) is 5.91. The smallest absolute Gasteiger partial charge is 0.338 e. The lowest BCUT2D eigenvalue weighted by atomic mass is 9.99. The normalized spacial score (nSPS) is 13.6. The zero-order chi connectivity index (χ0) is 15.3. The first kappa shape index (κ1) is 16.1. The van der Waals surface area contributed by atoms with Crippen molar-refractivity contribution in [2.24, 2.45) is 0 Å². The van der Waals surface area contributed by atoms with Gasteiger partial charge in [-0.05, 0) is 13.0 Å². The van der Waals surface area contributed by atoms with Gasteiger partial charge in [-0.25, -0.2) is 9.18 Å². The van der Waals surface area contributed by atoms with Gasteiger partial charge in [0.05, 0.1) is 24.7 Å². The monoisotopic (exact) mass is 286 g/mol. The lowest BCUT2D eigenvalue weighted by molar-refractivity contribution is -0.147. The molecule has 0 aliphatic rings. The second-order valence-corrected chi connectivity index (χ2v) is 4.04. The summed E-state index contributed by atoms with van der Waals surface area (Å²) >= 11 is 0. The number of aliphatic hydroxyl groups excluding tert-OH is 2. The SMILES string of the molecule is CCOC(=O)CC(O)C(O)c1cccc(C(=O)O)c1F. The van der Waals surface area contributed by atoms with E-state index in [1.54, 1.807) is 6.92 Å². The van der Waals surface area contributed by atoms with E-state index in [-0.39, 0.29) is 12.2 Å². The summed E-state index contributed by atoms with van der Waals surface area (Å²) in [6.07, 6.45) is -3.84. The van der Waals surface area contributed by atoms with Crippen molar-refractivity contribution in [2.75, 3.05) is 6.61 Å². The molecule has 1 aromatic carbocycles. The lowest BCUT2D eigenvalue weighted by Gasteiger charge is -2.18. The average molecular weight is 286 g/mol. The molecule has 1 aromatic rings. The highest BCUT2D eigenvalue weighted by molar-refractivity contribution is 5.88. The number of carboxylic acids is 1. The number of esters is 1. The Morgan fingerprint density at radius 1 is 1.35 bits per heavy atom. The molecule has 0 aromatic heterocycles. The van der Waals surface area contributed by atoms with E-state index >= 15 is 0 Å². The predicted octanol–water partition coefficient (Wildman–Crippen LogP) is 0.871. The van der Waals surface area contributed by atoms with Crippen LogP contribution in [0.4, 0.5) is 4.39 Å². The fourth-order valence-electron chi connectivity index (χ4n) is 1.65. The van der Waals surface area contributed by atoms with E-state index in [1.807, 2.05) is 0 Å². The Kier molecular flexibility index (Phi) is 5.60. The maximum Gasteiger partial charge on any atom is 0.338 e. The summed E-state index contributed by atoms with van der Waals surface area (Å²) in [7, 11) is 0. The van der Waals surface area contributed by atoms with Gasteiger partial charge in [0.25, 0.3) is 0 Å². The molecule has 0 aliphatic heterocycles. The van der Waals surface area contributed by atoms with Crippen LogP contribution in [0.15, 0.2) is 18.2 Å². The van der Waals surface area contributed by atoms with Gasteiger partial charge >= 0.3 is 11.9 Å². The number of aliphatic hydroxyl groups is 2. The van der Waals surface area contributed by atoms with Gasteiger partial charge in [-0.2, -0.15) is 0 Å². The number of rotatable bonds is 6. The Balaban J connectivity index is 2.91. The molecular weight excluding hydrogens is 271 g/mol.